The van der Waals surface area contributed by atoms with Crippen LogP contribution in [0, 0.1) is 5.92 Å². The van der Waals surface area contributed by atoms with Gasteiger partial charge < -0.3 is 0 Å². The van der Waals surface area contributed by atoms with Crippen molar-refractivity contribution >= 4 is 20.2 Å². The van der Waals surface area contributed by atoms with Crippen LogP contribution in [0.1, 0.15) is 6.92 Å². The second kappa shape index (κ2) is 7.89. The summed E-state index contributed by atoms with van der Waals surface area (Å²) in [5, 5.41) is 0. The predicted octanol–water partition coefficient (Wildman–Crippen LogP) is 2.43. The van der Waals surface area contributed by atoms with E-state index < -0.39 is 26.2 Å². The van der Waals surface area contributed by atoms with Crippen molar-refractivity contribution in [2.75, 3.05) is 13.2 Å². The van der Waals surface area contributed by atoms with Gasteiger partial charge >= 0.3 is 0 Å². The maximum Gasteiger partial charge on any atom is 0.296 e. The third-order valence-electron chi connectivity index (χ3n) is 3.08. The Bertz CT molecular complexity index is 772. The van der Waals surface area contributed by atoms with Crippen LogP contribution in [0.25, 0.3) is 0 Å². The summed E-state index contributed by atoms with van der Waals surface area (Å²) in [6, 6.07) is 15.5. The van der Waals surface area contributed by atoms with Crippen LogP contribution < -0.4 is 0 Å². The van der Waals surface area contributed by atoms with E-state index in [2.05, 4.69) is 0 Å². The second-order valence-corrected chi connectivity index (χ2v) is 8.44. The monoisotopic (exact) mass is 370 g/mol. The molecule has 130 valence electrons. The first kappa shape index (κ1) is 18.6. The standard InChI is InChI=1S/C16H18O6S2/c1-14(12-21-23(17,18)15-8-4-2-5-9-15)13-22-24(19,20)16-10-6-3-7-11-16/h2-11,14H,12-13H2,1H3. The summed E-state index contributed by atoms with van der Waals surface area (Å²) in [6.07, 6.45) is 0. The van der Waals surface area contributed by atoms with E-state index in [0.717, 1.165) is 0 Å². The Hall–Kier alpha value is -1.74. The number of hydrogen-bond donors (Lipinski definition) is 0. The summed E-state index contributed by atoms with van der Waals surface area (Å²) in [6.45, 7) is 1.28. The first-order valence-corrected chi connectivity index (χ1v) is 10.0. The fourth-order valence-electron chi connectivity index (χ4n) is 1.77. The molecule has 0 N–H and O–H groups in total. The smallest absolute Gasteiger partial charge is 0.266 e. The van der Waals surface area contributed by atoms with Crippen molar-refractivity contribution in [3.63, 3.8) is 0 Å². The summed E-state index contributed by atoms with van der Waals surface area (Å²) in [4.78, 5) is 0.102. The molecule has 0 amide bonds. The lowest BCUT2D eigenvalue weighted by atomic mass is 10.2. The Balaban J connectivity index is 1.89. The summed E-state index contributed by atoms with van der Waals surface area (Å²) in [7, 11) is -7.73. The molecule has 0 saturated heterocycles. The van der Waals surface area contributed by atoms with E-state index in [1.165, 1.54) is 24.3 Å². The van der Waals surface area contributed by atoms with E-state index in [4.69, 9.17) is 8.37 Å². The van der Waals surface area contributed by atoms with Gasteiger partial charge in [-0.3, -0.25) is 8.37 Å². The highest BCUT2D eigenvalue weighted by Crippen LogP contribution is 2.15. The first-order valence-electron chi connectivity index (χ1n) is 7.20. The van der Waals surface area contributed by atoms with Gasteiger partial charge in [0.15, 0.2) is 0 Å². The predicted molar refractivity (Wildman–Crippen MR) is 88.3 cm³/mol. The van der Waals surface area contributed by atoms with Gasteiger partial charge in [0.1, 0.15) is 0 Å². The number of benzene rings is 2. The van der Waals surface area contributed by atoms with Crippen LogP contribution in [-0.2, 0) is 28.6 Å². The molecule has 0 fully saturated rings. The van der Waals surface area contributed by atoms with Crippen LogP contribution >= 0.6 is 0 Å². The van der Waals surface area contributed by atoms with Crippen LogP contribution in [0.15, 0.2) is 70.5 Å². The third-order valence-corrected chi connectivity index (χ3v) is 5.67. The average Bonchev–Trinajstić information content (AvgIpc) is 2.60. The van der Waals surface area contributed by atoms with Crippen LogP contribution in [0.2, 0.25) is 0 Å². The lowest BCUT2D eigenvalue weighted by molar-refractivity contribution is 0.196. The molecular weight excluding hydrogens is 352 g/mol. The van der Waals surface area contributed by atoms with E-state index in [1.807, 2.05) is 0 Å². The molecule has 0 unspecified atom stereocenters. The van der Waals surface area contributed by atoms with Crippen molar-refractivity contribution in [3.05, 3.63) is 60.7 Å². The van der Waals surface area contributed by atoms with Gasteiger partial charge in [-0.15, -0.1) is 0 Å². The molecule has 2 aromatic carbocycles. The van der Waals surface area contributed by atoms with Crippen molar-refractivity contribution < 1.29 is 25.2 Å². The molecule has 6 nitrogen and oxygen atoms in total. The maximum atomic E-state index is 12.0. The zero-order valence-corrected chi connectivity index (χ0v) is 14.7. The van der Waals surface area contributed by atoms with E-state index in [9.17, 15) is 16.8 Å². The third kappa shape index (κ3) is 5.13. The van der Waals surface area contributed by atoms with Crippen LogP contribution in [0.4, 0.5) is 0 Å². The van der Waals surface area contributed by atoms with Gasteiger partial charge in [-0.1, -0.05) is 43.3 Å². The van der Waals surface area contributed by atoms with Crippen LogP contribution in [0.3, 0.4) is 0 Å². The summed E-state index contributed by atoms with van der Waals surface area (Å²) in [5.41, 5.74) is 0. The molecule has 2 rings (SSSR count). The lowest BCUT2D eigenvalue weighted by Gasteiger charge is -2.12. The molecule has 0 aliphatic carbocycles. The van der Waals surface area contributed by atoms with E-state index in [0.29, 0.717) is 0 Å². The minimum absolute atomic E-state index is 0.0509. The lowest BCUT2D eigenvalue weighted by Crippen LogP contribution is -2.19. The van der Waals surface area contributed by atoms with Gasteiger partial charge in [-0.05, 0) is 24.3 Å². The summed E-state index contributed by atoms with van der Waals surface area (Å²) in [5.74, 6) is -0.429. The average molecular weight is 370 g/mol. The quantitative estimate of drug-likeness (QED) is 0.663. The zero-order valence-electron chi connectivity index (χ0n) is 13.0. The molecule has 2 aromatic rings. The fourth-order valence-corrected chi connectivity index (χ4v) is 3.85. The minimum atomic E-state index is -3.87. The topological polar surface area (TPSA) is 86.7 Å². The second-order valence-electron chi connectivity index (χ2n) is 5.21. The van der Waals surface area contributed by atoms with Gasteiger partial charge in [0, 0.05) is 5.92 Å². The fraction of sp³-hybridized carbons (Fsp3) is 0.250. The van der Waals surface area contributed by atoms with Gasteiger partial charge in [0.05, 0.1) is 23.0 Å². The van der Waals surface area contributed by atoms with Crippen molar-refractivity contribution in [1.29, 1.82) is 0 Å². The molecular formula is C16H18O6S2. The molecule has 0 aromatic heterocycles. The zero-order chi connectivity index (χ0) is 17.6. The number of hydrogen-bond acceptors (Lipinski definition) is 6. The van der Waals surface area contributed by atoms with Gasteiger partial charge in [-0.2, -0.15) is 16.8 Å². The summed E-state index contributed by atoms with van der Waals surface area (Å²) < 4.78 is 57.8. The Morgan fingerprint density at radius 3 is 1.38 bits per heavy atom. The Kier molecular flexibility index (Phi) is 6.11. The van der Waals surface area contributed by atoms with Crippen molar-refractivity contribution in [2.24, 2.45) is 5.92 Å². The van der Waals surface area contributed by atoms with E-state index in [-0.39, 0.29) is 23.0 Å². The minimum Gasteiger partial charge on any atom is -0.266 e. The van der Waals surface area contributed by atoms with Crippen LogP contribution in [0.5, 0.6) is 0 Å². The molecule has 0 bridgehead atoms. The first-order chi connectivity index (χ1) is 11.3. The van der Waals surface area contributed by atoms with Crippen molar-refractivity contribution in [2.45, 2.75) is 16.7 Å². The molecule has 0 aliphatic rings. The molecule has 0 saturated carbocycles. The maximum absolute atomic E-state index is 12.0. The highest BCUT2D eigenvalue weighted by atomic mass is 32.2. The molecule has 0 heterocycles. The Morgan fingerprint density at radius 1 is 0.708 bits per heavy atom. The highest BCUT2D eigenvalue weighted by molar-refractivity contribution is 7.87. The van der Waals surface area contributed by atoms with E-state index in [1.54, 1.807) is 43.3 Å². The van der Waals surface area contributed by atoms with Gasteiger partial charge in [-0.25, -0.2) is 0 Å². The Morgan fingerprint density at radius 2 is 1.04 bits per heavy atom. The molecule has 0 spiro atoms. The van der Waals surface area contributed by atoms with Crippen molar-refractivity contribution in [3.8, 4) is 0 Å². The van der Waals surface area contributed by atoms with Gasteiger partial charge in [0.25, 0.3) is 20.2 Å². The largest absolute Gasteiger partial charge is 0.296 e. The van der Waals surface area contributed by atoms with Crippen molar-refractivity contribution in [1.82, 2.24) is 0 Å². The molecule has 24 heavy (non-hydrogen) atoms. The molecule has 8 heteroatoms. The summed E-state index contributed by atoms with van der Waals surface area (Å²) >= 11 is 0. The number of rotatable bonds is 8. The molecule has 0 radical (unpaired) electrons. The van der Waals surface area contributed by atoms with Crippen LogP contribution in [-0.4, -0.2) is 30.0 Å². The normalized spacial score (nSPS) is 12.4. The Labute approximate surface area is 142 Å². The molecule has 0 atom stereocenters. The highest BCUT2D eigenvalue weighted by Gasteiger charge is 2.19. The van der Waals surface area contributed by atoms with Gasteiger partial charge in [0.2, 0.25) is 0 Å². The SMILES string of the molecule is CC(COS(=O)(=O)c1ccccc1)COS(=O)(=O)c1ccccc1. The van der Waals surface area contributed by atoms with E-state index >= 15 is 0 Å². The molecule has 0 aliphatic heterocycles.